The van der Waals surface area contributed by atoms with Crippen LogP contribution in [0.3, 0.4) is 0 Å². The van der Waals surface area contributed by atoms with Crippen molar-refractivity contribution in [2.75, 3.05) is 13.2 Å². The molecule has 2 rings (SSSR count). The van der Waals surface area contributed by atoms with Gasteiger partial charge in [0.25, 0.3) is 0 Å². The molecule has 2 aromatic heterocycles. The zero-order valence-corrected chi connectivity index (χ0v) is 11.1. The summed E-state index contributed by atoms with van der Waals surface area (Å²) in [7, 11) is 0. The molecule has 0 radical (unpaired) electrons. The summed E-state index contributed by atoms with van der Waals surface area (Å²) < 4.78 is 12.6. The summed E-state index contributed by atoms with van der Waals surface area (Å²) >= 11 is 0. The molecule has 0 amide bonds. The van der Waals surface area contributed by atoms with Crippen LogP contribution in [0.1, 0.15) is 31.7 Å². The second kappa shape index (κ2) is 6.91. The normalized spacial score (nSPS) is 11.1. The maximum absolute atomic E-state index is 5.46. The lowest BCUT2D eigenvalue weighted by Gasteiger charge is -2.13. The summed E-state index contributed by atoms with van der Waals surface area (Å²) in [5, 5.41) is 8.08. The van der Waals surface area contributed by atoms with E-state index in [0.717, 1.165) is 0 Å². The SMILES string of the molecule is CCOC(OCC)c1cn(Cc2ncccn2)nn1. The van der Waals surface area contributed by atoms with E-state index in [4.69, 9.17) is 9.47 Å². The summed E-state index contributed by atoms with van der Waals surface area (Å²) in [6, 6.07) is 1.77. The Balaban J connectivity index is 2.05. The minimum atomic E-state index is -0.472. The molecule has 0 fully saturated rings. The molecule has 0 unspecified atom stereocenters. The van der Waals surface area contributed by atoms with Gasteiger partial charge in [-0.2, -0.15) is 0 Å². The second-order valence-corrected chi connectivity index (χ2v) is 3.75. The van der Waals surface area contributed by atoms with Gasteiger partial charge >= 0.3 is 0 Å². The van der Waals surface area contributed by atoms with E-state index in [1.807, 2.05) is 13.8 Å². The highest BCUT2D eigenvalue weighted by Crippen LogP contribution is 2.15. The van der Waals surface area contributed by atoms with Crippen LogP contribution in [-0.2, 0) is 16.0 Å². The molecule has 7 heteroatoms. The number of ether oxygens (including phenoxy) is 2. The van der Waals surface area contributed by atoms with Gasteiger partial charge in [-0.1, -0.05) is 5.21 Å². The first-order valence-electron chi connectivity index (χ1n) is 6.22. The van der Waals surface area contributed by atoms with Crippen LogP contribution in [0.5, 0.6) is 0 Å². The summed E-state index contributed by atoms with van der Waals surface area (Å²) in [6.45, 7) is 5.40. The fourth-order valence-corrected chi connectivity index (χ4v) is 1.58. The van der Waals surface area contributed by atoms with E-state index >= 15 is 0 Å². The molecule has 0 aromatic carbocycles. The third-order valence-electron chi connectivity index (χ3n) is 2.36. The van der Waals surface area contributed by atoms with Crippen molar-refractivity contribution in [3.05, 3.63) is 36.2 Å². The Kier molecular flexibility index (Phi) is 4.93. The van der Waals surface area contributed by atoms with Crippen LogP contribution in [0.15, 0.2) is 24.7 Å². The summed E-state index contributed by atoms with van der Waals surface area (Å²) in [5.74, 6) is 0.684. The third-order valence-corrected chi connectivity index (χ3v) is 2.36. The first-order chi connectivity index (χ1) is 9.33. The number of hydrogen-bond acceptors (Lipinski definition) is 6. The van der Waals surface area contributed by atoms with Gasteiger partial charge in [0.05, 0.1) is 6.20 Å². The summed E-state index contributed by atoms with van der Waals surface area (Å²) in [6.07, 6.45) is 4.71. The van der Waals surface area contributed by atoms with Crippen molar-refractivity contribution < 1.29 is 9.47 Å². The van der Waals surface area contributed by atoms with Crippen LogP contribution in [0.25, 0.3) is 0 Å². The lowest BCUT2D eigenvalue weighted by molar-refractivity contribution is -0.142. The van der Waals surface area contributed by atoms with E-state index < -0.39 is 6.29 Å². The van der Waals surface area contributed by atoms with Crippen molar-refractivity contribution in [2.45, 2.75) is 26.7 Å². The molecule has 0 aliphatic carbocycles. The fourth-order valence-electron chi connectivity index (χ4n) is 1.58. The van der Waals surface area contributed by atoms with Crippen LogP contribution in [0.4, 0.5) is 0 Å². The average molecular weight is 263 g/mol. The number of rotatable bonds is 7. The van der Waals surface area contributed by atoms with Crippen molar-refractivity contribution in [1.29, 1.82) is 0 Å². The molecule has 2 aromatic rings. The molecule has 0 atom stereocenters. The zero-order valence-electron chi connectivity index (χ0n) is 11.1. The Morgan fingerprint density at radius 2 is 1.84 bits per heavy atom. The van der Waals surface area contributed by atoms with Gasteiger partial charge < -0.3 is 9.47 Å². The van der Waals surface area contributed by atoms with Crippen molar-refractivity contribution in [1.82, 2.24) is 25.0 Å². The zero-order chi connectivity index (χ0) is 13.5. The first-order valence-corrected chi connectivity index (χ1v) is 6.22. The van der Waals surface area contributed by atoms with Crippen LogP contribution in [-0.4, -0.2) is 38.2 Å². The van der Waals surface area contributed by atoms with Crippen LogP contribution < -0.4 is 0 Å². The molecule has 0 aliphatic rings. The quantitative estimate of drug-likeness (QED) is 0.698. The number of nitrogens with zero attached hydrogens (tertiary/aromatic N) is 5. The summed E-state index contributed by atoms with van der Waals surface area (Å²) in [5.41, 5.74) is 0.652. The third kappa shape index (κ3) is 3.80. The molecule has 2 heterocycles. The monoisotopic (exact) mass is 263 g/mol. The molecule has 0 N–H and O–H groups in total. The lowest BCUT2D eigenvalue weighted by Crippen LogP contribution is -2.09. The predicted molar refractivity (Wildman–Crippen MR) is 67.1 cm³/mol. The molecule has 0 saturated carbocycles. The van der Waals surface area contributed by atoms with Gasteiger partial charge in [0.1, 0.15) is 18.1 Å². The number of hydrogen-bond donors (Lipinski definition) is 0. The molecule has 0 spiro atoms. The smallest absolute Gasteiger partial charge is 0.204 e. The van der Waals surface area contributed by atoms with Crippen LogP contribution >= 0.6 is 0 Å². The molecular weight excluding hydrogens is 246 g/mol. The van der Waals surface area contributed by atoms with E-state index in [-0.39, 0.29) is 0 Å². The lowest BCUT2D eigenvalue weighted by atomic mass is 10.4. The van der Waals surface area contributed by atoms with E-state index in [9.17, 15) is 0 Å². The van der Waals surface area contributed by atoms with Gasteiger partial charge in [0.2, 0.25) is 6.29 Å². The highest BCUT2D eigenvalue weighted by atomic mass is 16.7. The first kappa shape index (κ1) is 13.6. The maximum Gasteiger partial charge on any atom is 0.204 e. The molecule has 0 saturated heterocycles. The van der Waals surface area contributed by atoms with Gasteiger partial charge in [-0.05, 0) is 19.9 Å². The molecule has 0 bridgehead atoms. The average Bonchev–Trinajstić information content (AvgIpc) is 2.88. The molecule has 102 valence electrons. The molecule has 19 heavy (non-hydrogen) atoms. The van der Waals surface area contributed by atoms with Crippen LogP contribution in [0, 0.1) is 0 Å². The Labute approximate surface area is 111 Å². The Hall–Kier alpha value is -1.86. The second-order valence-electron chi connectivity index (χ2n) is 3.75. The Morgan fingerprint density at radius 1 is 1.16 bits per heavy atom. The predicted octanol–water partition coefficient (Wildman–Crippen LogP) is 1.19. The van der Waals surface area contributed by atoms with Crippen molar-refractivity contribution in [3.8, 4) is 0 Å². The van der Waals surface area contributed by atoms with Crippen LogP contribution in [0.2, 0.25) is 0 Å². The number of aromatic nitrogens is 5. The highest BCUT2D eigenvalue weighted by molar-refractivity contribution is 4.97. The van der Waals surface area contributed by atoms with Crippen molar-refractivity contribution in [2.24, 2.45) is 0 Å². The highest BCUT2D eigenvalue weighted by Gasteiger charge is 2.15. The van der Waals surface area contributed by atoms with Gasteiger partial charge in [0, 0.05) is 25.6 Å². The van der Waals surface area contributed by atoms with E-state index in [0.29, 0.717) is 31.3 Å². The fraction of sp³-hybridized carbons (Fsp3) is 0.500. The molecule has 0 aliphatic heterocycles. The Bertz CT molecular complexity index is 482. The van der Waals surface area contributed by atoms with E-state index in [2.05, 4.69) is 20.3 Å². The van der Waals surface area contributed by atoms with Gasteiger partial charge in [-0.3, -0.25) is 0 Å². The van der Waals surface area contributed by atoms with Gasteiger partial charge in [-0.15, -0.1) is 5.10 Å². The minimum absolute atomic E-state index is 0.471. The maximum atomic E-state index is 5.46. The van der Waals surface area contributed by atoms with E-state index in [1.165, 1.54) is 0 Å². The van der Waals surface area contributed by atoms with Gasteiger partial charge in [-0.25, -0.2) is 14.6 Å². The minimum Gasteiger partial charge on any atom is -0.347 e. The topological polar surface area (TPSA) is 75.0 Å². The largest absolute Gasteiger partial charge is 0.347 e. The standard InChI is InChI=1S/C12H17N5O2/c1-3-18-12(19-4-2)10-8-17(16-15-10)9-11-13-6-5-7-14-11/h5-8,12H,3-4,9H2,1-2H3. The molecular formula is C12H17N5O2. The Morgan fingerprint density at radius 3 is 2.47 bits per heavy atom. The molecule has 7 nitrogen and oxygen atoms in total. The van der Waals surface area contributed by atoms with Crippen molar-refractivity contribution in [3.63, 3.8) is 0 Å². The van der Waals surface area contributed by atoms with Gasteiger partial charge in [0.15, 0.2) is 0 Å². The van der Waals surface area contributed by atoms with E-state index in [1.54, 1.807) is 29.3 Å². The summed E-state index contributed by atoms with van der Waals surface area (Å²) in [4.78, 5) is 8.28. The van der Waals surface area contributed by atoms with Crippen molar-refractivity contribution >= 4 is 0 Å².